The van der Waals surface area contributed by atoms with Crippen LogP contribution >= 0.6 is 23.2 Å². The van der Waals surface area contributed by atoms with Gasteiger partial charge in [0.05, 0.1) is 29.7 Å². The molecule has 218 valence electrons. The maximum absolute atomic E-state index is 14.5. The number of methoxy groups -OCH3 is 1. The van der Waals surface area contributed by atoms with Gasteiger partial charge in [0, 0.05) is 35.6 Å². The second-order valence-corrected chi connectivity index (χ2v) is 14.6. The van der Waals surface area contributed by atoms with Gasteiger partial charge in [-0.25, -0.2) is 12.7 Å². The Kier molecular flexibility index (Phi) is 9.25. The number of esters is 1. The van der Waals surface area contributed by atoms with Crippen LogP contribution in [0.1, 0.15) is 69.5 Å². The zero-order valence-electron chi connectivity index (χ0n) is 23.6. The monoisotopic (exact) mass is 608 g/mol. The van der Waals surface area contributed by atoms with Crippen LogP contribution in [0.15, 0.2) is 48.5 Å². The molecule has 5 atom stereocenters. The van der Waals surface area contributed by atoms with E-state index >= 15 is 0 Å². The third-order valence-electron chi connectivity index (χ3n) is 8.76. The van der Waals surface area contributed by atoms with Crippen LogP contribution in [0.2, 0.25) is 10.0 Å². The summed E-state index contributed by atoms with van der Waals surface area (Å²) >= 11 is 12.7. The molecule has 4 rings (SSSR count). The fourth-order valence-electron chi connectivity index (χ4n) is 5.89. The first kappa shape index (κ1) is 30.8. The molecule has 1 saturated heterocycles. The van der Waals surface area contributed by atoms with E-state index in [0.717, 1.165) is 11.1 Å². The van der Waals surface area contributed by atoms with Gasteiger partial charge in [-0.1, -0.05) is 54.4 Å². The van der Waals surface area contributed by atoms with Gasteiger partial charge in [-0.15, -0.1) is 0 Å². The average molecular weight is 610 g/mol. The number of nitrogens with zero attached hydrogens (tertiary/aromatic N) is 2. The van der Waals surface area contributed by atoms with E-state index in [1.54, 1.807) is 26.1 Å². The Morgan fingerprint density at radius 3 is 2.33 bits per heavy atom. The van der Waals surface area contributed by atoms with E-state index in [-0.39, 0.29) is 35.7 Å². The molecule has 0 aromatic heterocycles. The van der Waals surface area contributed by atoms with Gasteiger partial charge in [0.2, 0.25) is 15.9 Å². The number of amides is 1. The summed E-state index contributed by atoms with van der Waals surface area (Å²) in [5, 5.41) is 0.863. The van der Waals surface area contributed by atoms with Gasteiger partial charge in [0.25, 0.3) is 0 Å². The summed E-state index contributed by atoms with van der Waals surface area (Å²) in [4.78, 5) is 29.2. The molecule has 2 aromatic carbocycles. The Labute approximate surface area is 247 Å². The lowest BCUT2D eigenvalue weighted by atomic mass is 9.63. The van der Waals surface area contributed by atoms with Crippen LogP contribution in [0.4, 0.5) is 0 Å². The van der Waals surface area contributed by atoms with Gasteiger partial charge < -0.3 is 9.64 Å². The molecular formula is C30H38Cl2N2O5S. The van der Waals surface area contributed by atoms with Gasteiger partial charge >= 0.3 is 5.97 Å². The quantitative estimate of drug-likeness (QED) is 0.306. The second-order valence-electron chi connectivity index (χ2n) is 11.4. The smallest absolute Gasteiger partial charge is 0.309 e. The number of halogens is 2. The number of benzene rings is 2. The van der Waals surface area contributed by atoms with Gasteiger partial charge in [-0.3, -0.25) is 9.59 Å². The average Bonchev–Trinajstić information content (AvgIpc) is 3.79. The summed E-state index contributed by atoms with van der Waals surface area (Å²) in [6, 6.07) is 14.3. The SMILES string of the molecule is COC(=O)[C@@H](C)[C@@]1(C)C[C@H](c2cccc(Cl)c2)[C@@H](c2ccc(Cl)cc2)N([C@@H](C)CCN(C)S(=O)(=O)C2CC2)C1=O. The van der Waals surface area contributed by atoms with Crippen molar-refractivity contribution < 1.29 is 22.7 Å². The van der Waals surface area contributed by atoms with Gasteiger partial charge in [-0.05, 0) is 74.9 Å². The minimum atomic E-state index is -3.35. The number of rotatable bonds is 10. The molecule has 1 heterocycles. The summed E-state index contributed by atoms with van der Waals surface area (Å²) in [6.07, 6.45) is 2.21. The summed E-state index contributed by atoms with van der Waals surface area (Å²) < 4.78 is 32.1. The maximum Gasteiger partial charge on any atom is 0.309 e. The highest BCUT2D eigenvalue weighted by Gasteiger charge is 2.55. The summed E-state index contributed by atoms with van der Waals surface area (Å²) in [5.41, 5.74) is 0.790. The standard InChI is InChI=1S/C30H38Cl2N2O5S/c1-19(15-16-33(4)40(37,38)25-13-14-25)34-27(21-9-11-23(31)12-10-21)26(22-7-6-8-24(32)17-22)18-30(3,29(34)36)20(2)28(35)39-5/h6-12,17,19-20,25-27H,13-16,18H2,1-5H3/t19-,20+,26+,27+,30+/m0/s1. The predicted octanol–water partition coefficient (Wildman–Crippen LogP) is 6.07. The molecule has 1 saturated carbocycles. The third-order valence-corrected chi connectivity index (χ3v) is 11.6. The minimum absolute atomic E-state index is 0.163. The van der Waals surface area contributed by atoms with E-state index < -0.39 is 27.3 Å². The first-order chi connectivity index (χ1) is 18.8. The highest BCUT2D eigenvalue weighted by atomic mass is 35.5. The molecule has 0 N–H and O–H groups in total. The van der Waals surface area contributed by atoms with E-state index in [0.29, 0.717) is 35.7 Å². The van der Waals surface area contributed by atoms with E-state index in [1.165, 1.54) is 11.4 Å². The normalized spacial score (nSPS) is 25.1. The molecule has 0 unspecified atom stereocenters. The molecule has 0 spiro atoms. The van der Waals surface area contributed by atoms with Crippen LogP contribution < -0.4 is 0 Å². The van der Waals surface area contributed by atoms with E-state index in [2.05, 4.69) is 0 Å². The van der Waals surface area contributed by atoms with Crippen molar-refractivity contribution >= 4 is 45.1 Å². The molecule has 40 heavy (non-hydrogen) atoms. The number of likely N-dealkylation sites (tertiary alicyclic amines) is 1. The zero-order chi connectivity index (χ0) is 29.4. The molecule has 10 heteroatoms. The van der Waals surface area contributed by atoms with E-state index in [4.69, 9.17) is 27.9 Å². The molecule has 1 aliphatic carbocycles. The van der Waals surface area contributed by atoms with Crippen LogP contribution in [0, 0.1) is 11.3 Å². The minimum Gasteiger partial charge on any atom is -0.469 e. The Hall–Kier alpha value is -2.13. The van der Waals surface area contributed by atoms with Gasteiger partial charge in [-0.2, -0.15) is 0 Å². The Bertz CT molecular complexity index is 1350. The Morgan fingerprint density at radius 1 is 1.10 bits per heavy atom. The highest BCUT2D eigenvalue weighted by molar-refractivity contribution is 7.90. The summed E-state index contributed by atoms with van der Waals surface area (Å²) in [7, 11) is -0.411. The van der Waals surface area contributed by atoms with Crippen LogP contribution in [0.5, 0.6) is 0 Å². The largest absolute Gasteiger partial charge is 0.469 e. The number of sulfonamides is 1. The highest BCUT2D eigenvalue weighted by Crippen LogP contribution is 2.53. The fraction of sp³-hybridized carbons (Fsp3) is 0.533. The zero-order valence-corrected chi connectivity index (χ0v) is 26.0. The van der Waals surface area contributed by atoms with Crippen molar-refractivity contribution in [3.63, 3.8) is 0 Å². The molecule has 1 aliphatic heterocycles. The van der Waals surface area contributed by atoms with Crippen molar-refractivity contribution in [1.82, 2.24) is 9.21 Å². The number of hydrogen-bond donors (Lipinski definition) is 0. The molecule has 2 aromatic rings. The van der Waals surface area contributed by atoms with Crippen molar-refractivity contribution in [3.8, 4) is 0 Å². The lowest BCUT2D eigenvalue weighted by Crippen LogP contribution is -2.58. The van der Waals surface area contributed by atoms with Crippen LogP contribution in [-0.4, -0.2) is 61.5 Å². The molecule has 1 amide bonds. The Morgan fingerprint density at radius 2 is 1.75 bits per heavy atom. The predicted molar refractivity (Wildman–Crippen MR) is 158 cm³/mol. The summed E-state index contributed by atoms with van der Waals surface area (Å²) in [5.74, 6) is -1.52. The number of carbonyl (C=O) groups is 2. The molecule has 7 nitrogen and oxygen atoms in total. The van der Waals surface area contributed by atoms with E-state index in [9.17, 15) is 18.0 Å². The first-order valence-electron chi connectivity index (χ1n) is 13.7. The fourth-order valence-corrected chi connectivity index (χ4v) is 7.82. The lowest BCUT2D eigenvalue weighted by Gasteiger charge is -2.53. The topological polar surface area (TPSA) is 84.0 Å². The van der Waals surface area contributed by atoms with Crippen LogP contribution in [0.25, 0.3) is 0 Å². The summed E-state index contributed by atoms with van der Waals surface area (Å²) in [6.45, 7) is 5.79. The van der Waals surface area contributed by atoms with Crippen molar-refractivity contribution in [1.29, 1.82) is 0 Å². The first-order valence-corrected chi connectivity index (χ1v) is 15.9. The number of piperidine rings is 1. The van der Waals surface area contributed by atoms with Gasteiger partial charge in [0.1, 0.15) is 0 Å². The third kappa shape index (κ3) is 6.06. The number of hydrogen-bond acceptors (Lipinski definition) is 5. The maximum atomic E-state index is 14.5. The van der Waals surface area contributed by atoms with Gasteiger partial charge in [0.15, 0.2) is 0 Å². The van der Waals surface area contributed by atoms with Crippen molar-refractivity contribution in [2.24, 2.45) is 11.3 Å². The Balaban J connectivity index is 1.80. The number of ether oxygens (including phenoxy) is 1. The molecule has 2 fully saturated rings. The van der Waals surface area contributed by atoms with Crippen molar-refractivity contribution in [3.05, 3.63) is 69.7 Å². The molecule has 0 bridgehead atoms. The molecule has 2 aliphatic rings. The van der Waals surface area contributed by atoms with E-state index in [1.807, 2.05) is 55.1 Å². The van der Waals surface area contributed by atoms with Crippen molar-refractivity contribution in [2.45, 2.75) is 69.7 Å². The second kappa shape index (κ2) is 12.0. The molecule has 0 radical (unpaired) electrons. The van der Waals surface area contributed by atoms with Crippen LogP contribution in [0.3, 0.4) is 0 Å². The van der Waals surface area contributed by atoms with Crippen molar-refractivity contribution in [2.75, 3.05) is 20.7 Å². The van der Waals surface area contributed by atoms with Crippen LogP contribution in [-0.2, 0) is 24.3 Å². The number of carbonyl (C=O) groups excluding carboxylic acids is 2. The molecular weight excluding hydrogens is 571 g/mol. The lowest BCUT2D eigenvalue weighted by molar-refractivity contribution is -0.167.